The highest BCUT2D eigenvalue weighted by Gasteiger charge is 2.14. The lowest BCUT2D eigenvalue weighted by atomic mass is 10.2. The van der Waals surface area contributed by atoms with Crippen LogP contribution < -0.4 is 20.3 Å². The highest BCUT2D eigenvalue weighted by molar-refractivity contribution is 7.99. The number of H-pyrrole nitrogens is 1. The molecule has 3 aromatic rings. The van der Waals surface area contributed by atoms with Gasteiger partial charge in [0.1, 0.15) is 16.3 Å². The Morgan fingerprint density at radius 3 is 2.72 bits per heavy atom. The predicted octanol–water partition coefficient (Wildman–Crippen LogP) is 4.13. The number of nitrogens with zero attached hydrogens (tertiary/aromatic N) is 1. The summed E-state index contributed by atoms with van der Waals surface area (Å²) in [7, 11) is 0. The van der Waals surface area contributed by atoms with Gasteiger partial charge in [0.2, 0.25) is 5.91 Å². The Labute approximate surface area is 176 Å². The number of fused-ring (bicyclic) bond motifs is 1. The first-order valence-corrected chi connectivity index (χ1v) is 11.1. The van der Waals surface area contributed by atoms with Crippen LogP contribution >= 0.6 is 23.1 Å². The van der Waals surface area contributed by atoms with Gasteiger partial charge in [-0.3, -0.25) is 9.59 Å². The molecule has 154 valence electrons. The second-order valence-electron chi connectivity index (χ2n) is 6.20. The molecule has 0 saturated heterocycles. The van der Waals surface area contributed by atoms with E-state index in [9.17, 15) is 9.59 Å². The van der Waals surface area contributed by atoms with Gasteiger partial charge in [0.25, 0.3) is 5.56 Å². The second-order valence-corrected chi connectivity index (χ2v) is 8.36. The number of amides is 1. The van der Waals surface area contributed by atoms with Gasteiger partial charge in [-0.05, 0) is 45.4 Å². The molecule has 7 nitrogen and oxygen atoms in total. The molecular weight excluding hydrogens is 410 g/mol. The zero-order valence-electron chi connectivity index (χ0n) is 16.8. The Hall–Kier alpha value is -2.52. The quantitative estimate of drug-likeness (QED) is 0.410. The number of rotatable bonds is 8. The molecule has 1 amide bonds. The molecule has 2 aromatic heterocycles. The lowest BCUT2D eigenvalue weighted by Crippen LogP contribution is -2.16. The minimum absolute atomic E-state index is 0.0994. The molecule has 0 saturated carbocycles. The van der Waals surface area contributed by atoms with Crippen molar-refractivity contribution in [3.05, 3.63) is 39.0 Å². The maximum atomic E-state index is 12.5. The molecule has 0 bridgehead atoms. The molecule has 29 heavy (non-hydrogen) atoms. The third kappa shape index (κ3) is 4.91. The van der Waals surface area contributed by atoms with E-state index in [1.807, 2.05) is 27.7 Å². The van der Waals surface area contributed by atoms with Gasteiger partial charge in [-0.1, -0.05) is 11.8 Å². The van der Waals surface area contributed by atoms with Gasteiger partial charge in [0, 0.05) is 10.9 Å². The number of aryl methyl sites for hydroxylation is 2. The number of ether oxygens (including phenoxy) is 2. The van der Waals surface area contributed by atoms with Crippen molar-refractivity contribution in [1.82, 2.24) is 9.97 Å². The van der Waals surface area contributed by atoms with Crippen LogP contribution in [0.4, 0.5) is 5.69 Å². The van der Waals surface area contributed by atoms with Gasteiger partial charge < -0.3 is 19.8 Å². The van der Waals surface area contributed by atoms with Gasteiger partial charge in [0.05, 0.1) is 30.0 Å². The molecule has 0 radical (unpaired) electrons. The third-order valence-corrected chi connectivity index (χ3v) is 6.17. The summed E-state index contributed by atoms with van der Waals surface area (Å²) in [5, 5.41) is 3.89. The number of carbonyl (C=O) groups excluding carboxylic acids is 1. The molecule has 0 spiro atoms. The first-order chi connectivity index (χ1) is 13.9. The van der Waals surface area contributed by atoms with Crippen LogP contribution in [-0.4, -0.2) is 34.8 Å². The zero-order valence-corrected chi connectivity index (χ0v) is 18.4. The Kier molecular flexibility index (Phi) is 6.81. The molecule has 9 heteroatoms. The van der Waals surface area contributed by atoms with Crippen molar-refractivity contribution in [2.45, 2.75) is 32.9 Å². The average Bonchev–Trinajstić information content (AvgIpc) is 2.97. The van der Waals surface area contributed by atoms with E-state index >= 15 is 0 Å². The molecular formula is C20H23N3O4S2. The molecule has 1 aromatic carbocycles. The molecule has 0 fully saturated rings. The number of carbonyl (C=O) groups is 1. The molecule has 2 heterocycles. The minimum Gasteiger partial charge on any atom is -0.494 e. The van der Waals surface area contributed by atoms with Crippen LogP contribution in [0.15, 0.2) is 28.2 Å². The van der Waals surface area contributed by atoms with Crippen molar-refractivity contribution >= 4 is 44.9 Å². The molecule has 0 atom stereocenters. The lowest BCUT2D eigenvalue weighted by Gasteiger charge is -2.13. The number of hydrogen-bond acceptors (Lipinski definition) is 7. The van der Waals surface area contributed by atoms with E-state index in [-0.39, 0.29) is 17.2 Å². The normalized spacial score (nSPS) is 10.9. The number of benzene rings is 1. The Balaban J connectivity index is 1.72. The van der Waals surface area contributed by atoms with Crippen LogP contribution in [0, 0.1) is 13.8 Å². The van der Waals surface area contributed by atoms with Crippen molar-refractivity contribution in [3.8, 4) is 11.5 Å². The van der Waals surface area contributed by atoms with E-state index in [1.165, 1.54) is 23.1 Å². The van der Waals surface area contributed by atoms with Crippen LogP contribution in [0.3, 0.4) is 0 Å². The van der Waals surface area contributed by atoms with Crippen molar-refractivity contribution < 1.29 is 14.3 Å². The summed E-state index contributed by atoms with van der Waals surface area (Å²) in [5.74, 6) is 1.10. The highest BCUT2D eigenvalue weighted by Crippen LogP contribution is 2.30. The fourth-order valence-corrected chi connectivity index (χ4v) is 4.52. The summed E-state index contributed by atoms with van der Waals surface area (Å²) in [4.78, 5) is 33.8. The topological polar surface area (TPSA) is 93.3 Å². The summed E-state index contributed by atoms with van der Waals surface area (Å²) in [6.07, 6.45) is 0. The van der Waals surface area contributed by atoms with Crippen molar-refractivity contribution in [1.29, 1.82) is 0 Å². The smallest absolute Gasteiger partial charge is 0.260 e. The van der Waals surface area contributed by atoms with Gasteiger partial charge in [-0.2, -0.15) is 0 Å². The fraction of sp³-hybridized carbons (Fsp3) is 0.350. The summed E-state index contributed by atoms with van der Waals surface area (Å²) < 4.78 is 11.1. The number of thioether (sulfide) groups is 1. The fourth-order valence-electron chi connectivity index (χ4n) is 2.77. The molecule has 0 aliphatic heterocycles. The molecule has 0 unspecified atom stereocenters. The van der Waals surface area contributed by atoms with Crippen molar-refractivity contribution in [2.75, 3.05) is 24.3 Å². The van der Waals surface area contributed by atoms with Crippen LogP contribution in [0.1, 0.15) is 24.3 Å². The number of aromatic nitrogens is 2. The Morgan fingerprint density at radius 2 is 2.00 bits per heavy atom. The lowest BCUT2D eigenvalue weighted by molar-refractivity contribution is -0.113. The van der Waals surface area contributed by atoms with Gasteiger partial charge in [0.15, 0.2) is 5.16 Å². The van der Waals surface area contributed by atoms with E-state index in [2.05, 4.69) is 15.3 Å². The maximum Gasteiger partial charge on any atom is 0.260 e. The summed E-state index contributed by atoms with van der Waals surface area (Å²) >= 11 is 2.66. The number of aromatic amines is 1. The highest BCUT2D eigenvalue weighted by atomic mass is 32.2. The number of hydrogen-bond donors (Lipinski definition) is 2. The van der Waals surface area contributed by atoms with Crippen LogP contribution in [0.5, 0.6) is 11.5 Å². The first-order valence-electron chi connectivity index (χ1n) is 9.25. The SMILES string of the molecule is CCOc1ccc(OCC)c(NC(=O)CSc2nc3sc(C)c(C)c3c(=O)[nH]2)c1. The number of nitrogens with one attached hydrogen (secondary N) is 2. The monoisotopic (exact) mass is 433 g/mol. The Bertz CT molecular complexity index is 1090. The van der Waals surface area contributed by atoms with Crippen LogP contribution in [-0.2, 0) is 4.79 Å². The number of anilines is 1. The van der Waals surface area contributed by atoms with E-state index in [1.54, 1.807) is 18.2 Å². The molecule has 0 aliphatic carbocycles. The van der Waals surface area contributed by atoms with Crippen LogP contribution in [0.2, 0.25) is 0 Å². The van der Waals surface area contributed by atoms with Crippen LogP contribution in [0.25, 0.3) is 10.2 Å². The van der Waals surface area contributed by atoms with E-state index in [0.717, 1.165) is 10.4 Å². The molecule has 3 rings (SSSR count). The van der Waals surface area contributed by atoms with Gasteiger partial charge >= 0.3 is 0 Å². The third-order valence-electron chi connectivity index (χ3n) is 4.19. The predicted molar refractivity (Wildman–Crippen MR) is 118 cm³/mol. The largest absolute Gasteiger partial charge is 0.494 e. The second kappa shape index (κ2) is 9.32. The van der Waals surface area contributed by atoms with Gasteiger partial charge in [-0.25, -0.2) is 4.98 Å². The maximum absolute atomic E-state index is 12.5. The van der Waals surface area contributed by atoms with E-state index in [4.69, 9.17) is 9.47 Å². The van der Waals surface area contributed by atoms with E-state index < -0.39 is 0 Å². The summed E-state index contributed by atoms with van der Waals surface area (Å²) in [6, 6.07) is 5.31. The Morgan fingerprint density at radius 1 is 1.24 bits per heavy atom. The zero-order chi connectivity index (χ0) is 21.0. The summed E-state index contributed by atoms with van der Waals surface area (Å²) in [5.41, 5.74) is 1.32. The molecule has 0 aliphatic rings. The summed E-state index contributed by atoms with van der Waals surface area (Å²) in [6.45, 7) is 8.67. The number of thiophene rings is 1. The first kappa shape index (κ1) is 21.2. The minimum atomic E-state index is -0.231. The van der Waals surface area contributed by atoms with Crippen molar-refractivity contribution in [3.63, 3.8) is 0 Å². The average molecular weight is 434 g/mol. The van der Waals surface area contributed by atoms with Crippen molar-refractivity contribution in [2.24, 2.45) is 0 Å². The van der Waals surface area contributed by atoms with Gasteiger partial charge in [-0.15, -0.1) is 11.3 Å². The standard InChI is InChI=1S/C20H23N3O4S2/c1-5-26-13-7-8-15(27-6-2)14(9-13)21-16(24)10-28-20-22-18(25)17-11(3)12(4)29-19(17)23-20/h7-9H,5-6,10H2,1-4H3,(H,21,24)(H,22,23,25). The van der Waals surface area contributed by atoms with E-state index in [0.29, 0.717) is 45.8 Å². The molecule has 2 N–H and O–H groups in total.